The van der Waals surface area contributed by atoms with E-state index in [0.717, 1.165) is 16.8 Å². The molecule has 2 aromatic carbocycles. The minimum atomic E-state index is -0.144. The summed E-state index contributed by atoms with van der Waals surface area (Å²) in [6.07, 6.45) is 5.32. The van der Waals surface area contributed by atoms with Crippen molar-refractivity contribution >= 4 is 17.3 Å². The molecule has 0 unspecified atom stereocenters. The van der Waals surface area contributed by atoms with Crippen molar-refractivity contribution in [2.24, 2.45) is 0 Å². The van der Waals surface area contributed by atoms with E-state index in [2.05, 4.69) is 5.32 Å². The molecule has 2 aromatic rings. The Bertz CT molecular complexity index is 704. The lowest BCUT2D eigenvalue weighted by Gasteiger charge is -2.12. The van der Waals surface area contributed by atoms with Crippen LogP contribution in [0.15, 0.2) is 42.5 Å². The SMILES string of the molecule is Cc1ccc(N)cc1C(=O)Nc1ccc(COC2CCCC2)cc1. The molecule has 0 spiro atoms. The van der Waals surface area contributed by atoms with Crippen LogP contribution in [-0.2, 0) is 11.3 Å². The van der Waals surface area contributed by atoms with Crippen molar-refractivity contribution in [3.63, 3.8) is 0 Å². The van der Waals surface area contributed by atoms with Crippen LogP contribution in [-0.4, -0.2) is 12.0 Å². The summed E-state index contributed by atoms with van der Waals surface area (Å²) in [5.74, 6) is -0.144. The quantitative estimate of drug-likeness (QED) is 0.806. The maximum Gasteiger partial charge on any atom is 0.256 e. The third-order valence-electron chi connectivity index (χ3n) is 4.51. The lowest BCUT2D eigenvalue weighted by Crippen LogP contribution is -2.14. The Morgan fingerprint density at radius 3 is 2.58 bits per heavy atom. The Kier molecular flexibility index (Phi) is 5.16. The van der Waals surface area contributed by atoms with E-state index in [0.29, 0.717) is 24.0 Å². The molecule has 0 bridgehead atoms. The normalized spacial score (nSPS) is 14.7. The molecule has 1 aliphatic rings. The average Bonchev–Trinajstić information content (AvgIpc) is 3.10. The van der Waals surface area contributed by atoms with E-state index in [9.17, 15) is 4.79 Å². The average molecular weight is 324 g/mol. The van der Waals surface area contributed by atoms with Gasteiger partial charge in [0.25, 0.3) is 5.91 Å². The van der Waals surface area contributed by atoms with Crippen LogP contribution in [0.4, 0.5) is 11.4 Å². The summed E-state index contributed by atoms with van der Waals surface area (Å²) in [5.41, 5.74) is 9.76. The zero-order valence-electron chi connectivity index (χ0n) is 14.0. The van der Waals surface area contributed by atoms with Crippen LogP contribution in [0.25, 0.3) is 0 Å². The summed E-state index contributed by atoms with van der Waals surface area (Å²) in [4.78, 5) is 12.4. The lowest BCUT2D eigenvalue weighted by atomic mass is 10.1. The number of nitrogen functional groups attached to an aromatic ring is 1. The van der Waals surface area contributed by atoms with Crippen LogP contribution >= 0.6 is 0 Å². The van der Waals surface area contributed by atoms with Crippen molar-refractivity contribution < 1.29 is 9.53 Å². The Hall–Kier alpha value is -2.33. The van der Waals surface area contributed by atoms with Crippen LogP contribution in [0.3, 0.4) is 0 Å². The minimum Gasteiger partial charge on any atom is -0.399 e. The maximum absolute atomic E-state index is 12.4. The second-order valence-corrected chi connectivity index (χ2v) is 6.44. The van der Waals surface area contributed by atoms with Crippen molar-refractivity contribution in [1.29, 1.82) is 0 Å². The molecule has 1 fully saturated rings. The van der Waals surface area contributed by atoms with Crippen LogP contribution in [0.1, 0.15) is 47.2 Å². The van der Waals surface area contributed by atoms with Crippen LogP contribution in [0.2, 0.25) is 0 Å². The van der Waals surface area contributed by atoms with Crippen LogP contribution < -0.4 is 11.1 Å². The number of hydrogen-bond acceptors (Lipinski definition) is 3. The molecule has 126 valence electrons. The summed E-state index contributed by atoms with van der Waals surface area (Å²) in [7, 11) is 0. The Morgan fingerprint density at radius 2 is 1.88 bits per heavy atom. The van der Waals surface area contributed by atoms with Crippen LogP contribution in [0.5, 0.6) is 0 Å². The van der Waals surface area contributed by atoms with Gasteiger partial charge >= 0.3 is 0 Å². The predicted octanol–water partition coefficient (Wildman–Crippen LogP) is 4.29. The highest BCUT2D eigenvalue weighted by Crippen LogP contribution is 2.22. The number of rotatable bonds is 5. The van der Waals surface area contributed by atoms with Gasteiger partial charge in [0.15, 0.2) is 0 Å². The number of benzene rings is 2. The van der Waals surface area contributed by atoms with Gasteiger partial charge in [-0.3, -0.25) is 4.79 Å². The molecule has 1 saturated carbocycles. The summed E-state index contributed by atoms with van der Waals surface area (Å²) >= 11 is 0. The standard InChI is InChI=1S/C20H24N2O2/c1-14-6-9-16(21)12-19(14)20(23)22-17-10-7-15(8-11-17)13-24-18-4-2-3-5-18/h6-12,18H,2-5,13,21H2,1H3,(H,22,23). The Labute approximate surface area is 143 Å². The number of carbonyl (C=O) groups excluding carboxylic acids is 1. The molecule has 24 heavy (non-hydrogen) atoms. The topological polar surface area (TPSA) is 64.4 Å². The molecule has 0 aromatic heterocycles. The van der Waals surface area contributed by atoms with Crippen molar-refractivity contribution in [1.82, 2.24) is 0 Å². The van der Waals surface area contributed by atoms with Gasteiger partial charge < -0.3 is 15.8 Å². The van der Waals surface area contributed by atoms with Gasteiger partial charge in [0.05, 0.1) is 12.7 Å². The molecule has 0 atom stereocenters. The van der Waals surface area contributed by atoms with Crippen molar-refractivity contribution in [2.75, 3.05) is 11.1 Å². The summed E-state index contributed by atoms with van der Waals surface area (Å²) in [5, 5.41) is 2.92. The van der Waals surface area contributed by atoms with Gasteiger partial charge in [-0.05, 0) is 55.2 Å². The summed E-state index contributed by atoms with van der Waals surface area (Å²) in [6, 6.07) is 13.2. The molecule has 1 amide bonds. The zero-order valence-corrected chi connectivity index (χ0v) is 14.0. The first-order valence-electron chi connectivity index (χ1n) is 8.50. The first-order chi connectivity index (χ1) is 11.6. The van der Waals surface area contributed by atoms with Gasteiger partial charge in [0.2, 0.25) is 0 Å². The molecule has 0 radical (unpaired) electrons. The highest BCUT2D eigenvalue weighted by Gasteiger charge is 2.15. The van der Waals surface area contributed by atoms with E-state index in [4.69, 9.17) is 10.5 Å². The van der Waals surface area contributed by atoms with E-state index >= 15 is 0 Å². The second-order valence-electron chi connectivity index (χ2n) is 6.44. The van der Waals surface area contributed by atoms with Gasteiger partial charge in [-0.2, -0.15) is 0 Å². The van der Waals surface area contributed by atoms with Gasteiger partial charge in [0.1, 0.15) is 0 Å². The second kappa shape index (κ2) is 7.49. The molecule has 3 rings (SSSR count). The number of anilines is 2. The number of nitrogens with two attached hydrogens (primary N) is 1. The molecule has 1 aliphatic carbocycles. The first-order valence-corrected chi connectivity index (χ1v) is 8.50. The number of ether oxygens (including phenoxy) is 1. The number of nitrogens with one attached hydrogen (secondary N) is 1. The van der Waals surface area contributed by atoms with E-state index < -0.39 is 0 Å². The lowest BCUT2D eigenvalue weighted by molar-refractivity contribution is 0.0457. The summed E-state index contributed by atoms with van der Waals surface area (Å²) in [6.45, 7) is 2.53. The Balaban J connectivity index is 1.59. The van der Waals surface area contributed by atoms with Crippen molar-refractivity contribution in [3.05, 3.63) is 59.2 Å². The largest absolute Gasteiger partial charge is 0.399 e. The third kappa shape index (κ3) is 4.15. The van der Waals surface area contributed by atoms with Gasteiger partial charge in [0, 0.05) is 16.9 Å². The summed E-state index contributed by atoms with van der Waals surface area (Å²) < 4.78 is 5.91. The molecule has 0 aliphatic heterocycles. The Morgan fingerprint density at radius 1 is 1.17 bits per heavy atom. The van der Waals surface area contributed by atoms with Crippen LogP contribution in [0, 0.1) is 6.92 Å². The van der Waals surface area contributed by atoms with Gasteiger partial charge in [-0.15, -0.1) is 0 Å². The van der Waals surface area contributed by atoms with Gasteiger partial charge in [-0.25, -0.2) is 0 Å². The fraction of sp³-hybridized carbons (Fsp3) is 0.350. The molecular formula is C20H24N2O2. The van der Waals surface area contributed by atoms with Crippen molar-refractivity contribution in [2.45, 2.75) is 45.3 Å². The van der Waals surface area contributed by atoms with E-state index in [-0.39, 0.29) is 5.91 Å². The zero-order chi connectivity index (χ0) is 16.9. The van der Waals surface area contributed by atoms with E-state index in [1.165, 1.54) is 25.7 Å². The fourth-order valence-electron chi connectivity index (χ4n) is 3.04. The fourth-order valence-corrected chi connectivity index (χ4v) is 3.04. The monoisotopic (exact) mass is 324 g/mol. The highest BCUT2D eigenvalue weighted by atomic mass is 16.5. The highest BCUT2D eigenvalue weighted by molar-refractivity contribution is 6.05. The predicted molar refractivity (Wildman–Crippen MR) is 97.0 cm³/mol. The van der Waals surface area contributed by atoms with Gasteiger partial charge in [-0.1, -0.05) is 31.0 Å². The first kappa shape index (κ1) is 16.5. The molecule has 3 N–H and O–H groups in total. The molecular weight excluding hydrogens is 300 g/mol. The third-order valence-corrected chi connectivity index (χ3v) is 4.51. The number of amides is 1. The number of aryl methyl sites for hydroxylation is 1. The minimum absolute atomic E-state index is 0.144. The smallest absolute Gasteiger partial charge is 0.256 e. The molecule has 0 heterocycles. The van der Waals surface area contributed by atoms with E-state index in [1.54, 1.807) is 12.1 Å². The molecule has 0 saturated heterocycles. The van der Waals surface area contributed by atoms with E-state index in [1.807, 2.05) is 37.3 Å². The number of hydrogen-bond donors (Lipinski definition) is 2. The maximum atomic E-state index is 12.4. The molecule has 4 nitrogen and oxygen atoms in total. The van der Waals surface area contributed by atoms with Crippen molar-refractivity contribution in [3.8, 4) is 0 Å². The molecule has 4 heteroatoms. The number of carbonyl (C=O) groups is 1.